The Morgan fingerprint density at radius 3 is 2.58 bits per heavy atom. The molecule has 11 heteroatoms. The molecule has 0 aliphatic heterocycles. The minimum Gasteiger partial charge on any atom is -0.354 e. The van der Waals surface area contributed by atoms with E-state index in [0.29, 0.717) is 0 Å². The minimum atomic E-state index is -4.63. The molecule has 0 saturated heterocycles. The topological polar surface area (TPSA) is 66.5 Å². The first-order valence-electron chi connectivity index (χ1n) is 4.82. The summed E-state index contributed by atoms with van der Waals surface area (Å²) >= 11 is 0.923. The van der Waals surface area contributed by atoms with E-state index in [4.69, 9.17) is 0 Å². The summed E-state index contributed by atoms with van der Waals surface area (Å²) in [7, 11) is 0. The van der Waals surface area contributed by atoms with E-state index >= 15 is 0 Å². The van der Waals surface area contributed by atoms with Gasteiger partial charge in [0.25, 0.3) is 12.2 Å². The molecule has 2 heterocycles. The molecule has 0 aromatic carbocycles. The van der Waals surface area contributed by atoms with Gasteiger partial charge >= 0.3 is 6.18 Å². The molecule has 0 amide bonds. The zero-order valence-corrected chi connectivity index (χ0v) is 9.82. The number of halogens is 5. The average molecular weight is 299 g/mol. The van der Waals surface area contributed by atoms with Crippen LogP contribution in [-0.4, -0.2) is 20.2 Å². The number of thiazole rings is 1. The highest BCUT2D eigenvalue weighted by atomic mass is 32.1. The summed E-state index contributed by atoms with van der Waals surface area (Å²) < 4.78 is 61.1. The fraction of sp³-hybridized carbons (Fsp3) is 0.375. The Morgan fingerprint density at radius 1 is 1.32 bits per heavy atom. The largest absolute Gasteiger partial charge is 0.453 e. The van der Waals surface area contributed by atoms with Crippen LogP contribution in [0.25, 0.3) is 0 Å². The first kappa shape index (κ1) is 13.6. The van der Waals surface area contributed by atoms with Crippen molar-refractivity contribution >= 4 is 16.5 Å². The fourth-order valence-electron chi connectivity index (χ4n) is 1.13. The predicted octanol–water partition coefficient (Wildman–Crippen LogP) is 2.83. The molecule has 0 unspecified atom stereocenters. The summed E-state index contributed by atoms with van der Waals surface area (Å²) in [6.45, 7) is -0.126. The van der Waals surface area contributed by atoms with Gasteiger partial charge < -0.3 is 5.32 Å². The number of hydrogen-bond donors (Lipinski definition) is 2. The highest BCUT2D eigenvalue weighted by molar-refractivity contribution is 7.13. The Bertz CT molecular complexity index is 548. The third-order valence-corrected chi connectivity index (χ3v) is 2.76. The maximum atomic E-state index is 12.2. The Morgan fingerprint density at radius 2 is 2.05 bits per heavy atom. The number of nitrogens with zero attached hydrogens (tertiary/aromatic N) is 3. The van der Waals surface area contributed by atoms with Crippen LogP contribution in [-0.2, 0) is 12.7 Å². The maximum absolute atomic E-state index is 12.2. The highest BCUT2D eigenvalue weighted by Crippen LogP contribution is 2.26. The van der Waals surface area contributed by atoms with E-state index in [1.165, 1.54) is 0 Å². The van der Waals surface area contributed by atoms with Crippen LogP contribution in [0.3, 0.4) is 0 Å². The third-order valence-electron chi connectivity index (χ3n) is 1.94. The summed E-state index contributed by atoms with van der Waals surface area (Å²) in [4.78, 5) is 6.77. The molecule has 5 nitrogen and oxygen atoms in total. The van der Waals surface area contributed by atoms with Crippen molar-refractivity contribution in [3.8, 4) is 0 Å². The first-order chi connectivity index (χ1) is 8.86. The minimum absolute atomic E-state index is 0.0684. The van der Waals surface area contributed by atoms with Crippen LogP contribution in [0.2, 0.25) is 0 Å². The number of H-pyrrole nitrogens is 1. The van der Waals surface area contributed by atoms with Gasteiger partial charge in [0, 0.05) is 5.38 Å². The van der Waals surface area contributed by atoms with Gasteiger partial charge in [-0.1, -0.05) is 0 Å². The molecule has 2 aromatic rings. The highest BCUT2D eigenvalue weighted by Gasteiger charge is 2.35. The van der Waals surface area contributed by atoms with Gasteiger partial charge in [0.15, 0.2) is 5.13 Å². The van der Waals surface area contributed by atoms with Gasteiger partial charge in [-0.15, -0.1) is 16.4 Å². The van der Waals surface area contributed by atoms with E-state index in [0.717, 1.165) is 16.7 Å². The lowest BCUT2D eigenvalue weighted by molar-refractivity contribution is -0.144. The molecule has 104 valence electrons. The van der Waals surface area contributed by atoms with E-state index in [2.05, 4.69) is 25.5 Å². The molecule has 0 spiro atoms. The summed E-state index contributed by atoms with van der Waals surface area (Å²) in [5.41, 5.74) is -0.388. The van der Waals surface area contributed by atoms with Crippen LogP contribution in [0.4, 0.5) is 27.1 Å². The molecule has 0 bridgehead atoms. The standard InChI is InChI=1S/C8H6F5N5S/c9-5(10)3-2-19-7(15-3)14-1-4-16-6(18-17-4)8(11,12)13/h2,5H,1H2,(H,14,15)(H,16,17,18). The number of aromatic amines is 1. The van der Waals surface area contributed by atoms with Crippen LogP contribution in [0.5, 0.6) is 0 Å². The van der Waals surface area contributed by atoms with Crippen molar-refractivity contribution in [1.82, 2.24) is 20.2 Å². The third kappa shape index (κ3) is 3.36. The van der Waals surface area contributed by atoms with Gasteiger partial charge in [0.05, 0.1) is 6.54 Å². The summed E-state index contributed by atoms with van der Waals surface area (Å²) in [5, 5.41) is 8.99. The molecular weight excluding hydrogens is 293 g/mol. The molecule has 0 saturated carbocycles. The van der Waals surface area contributed by atoms with Crippen molar-refractivity contribution in [2.75, 3.05) is 5.32 Å². The van der Waals surface area contributed by atoms with E-state index in [9.17, 15) is 22.0 Å². The lowest BCUT2D eigenvalue weighted by Crippen LogP contribution is -2.08. The van der Waals surface area contributed by atoms with Gasteiger partial charge in [-0.3, -0.25) is 5.10 Å². The number of alkyl halides is 5. The Balaban J connectivity index is 1.96. The lowest BCUT2D eigenvalue weighted by Gasteiger charge is -1.99. The van der Waals surface area contributed by atoms with Crippen LogP contribution in [0, 0.1) is 0 Å². The number of anilines is 1. The molecule has 2 rings (SSSR count). The summed E-state index contributed by atoms with van der Waals surface area (Å²) in [6, 6.07) is 0. The monoisotopic (exact) mass is 299 g/mol. The second-order valence-corrected chi connectivity index (χ2v) is 4.19. The van der Waals surface area contributed by atoms with Gasteiger partial charge in [-0.25, -0.2) is 18.7 Å². The molecule has 0 fully saturated rings. The van der Waals surface area contributed by atoms with Crippen LogP contribution in [0.15, 0.2) is 5.38 Å². The number of rotatable bonds is 4. The van der Waals surface area contributed by atoms with Gasteiger partial charge in [-0.05, 0) is 0 Å². The molecule has 0 aliphatic rings. The predicted molar refractivity (Wildman–Crippen MR) is 55.8 cm³/mol. The van der Waals surface area contributed by atoms with Crippen molar-refractivity contribution in [3.63, 3.8) is 0 Å². The molecular formula is C8H6F5N5S. The van der Waals surface area contributed by atoms with E-state index in [-0.39, 0.29) is 23.2 Å². The molecule has 0 aliphatic carbocycles. The van der Waals surface area contributed by atoms with Crippen molar-refractivity contribution in [2.24, 2.45) is 0 Å². The quantitative estimate of drug-likeness (QED) is 0.852. The first-order valence-corrected chi connectivity index (χ1v) is 5.70. The zero-order chi connectivity index (χ0) is 14.0. The van der Waals surface area contributed by atoms with Crippen molar-refractivity contribution in [1.29, 1.82) is 0 Å². The molecule has 0 atom stereocenters. The fourth-order valence-corrected chi connectivity index (χ4v) is 1.83. The SMILES string of the molecule is FC(F)c1csc(NCc2nc(C(F)(F)F)n[nH]2)n1. The average Bonchev–Trinajstić information content (AvgIpc) is 2.95. The van der Waals surface area contributed by atoms with Gasteiger partial charge in [0.2, 0.25) is 0 Å². The van der Waals surface area contributed by atoms with E-state index < -0.39 is 18.4 Å². The second-order valence-electron chi connectivity index (χ2n) is 3.34. The van der Waals surface area contributed by atoms with E-state index in [1.54, 1.807) is 0 Å². The van der Waals surface area contributed by atoms with Crippen LogP contribution < -0.4 is 5.32 Å². The number of hydrogen-bond acceptors (Lipinski definition) is 5. The summed E-state index contributed by atoms with van der Waals surface area (Å²) in [6.07, 6.45) is -7.31. The normalized spacial score (nSPS) is 12.1. The maximum Gasteiger partial charge on any atom is 0.453 e. The molecule has 19 heavy (non-hydrogen) atoms. The number of nitrogens with one attached hydrogen (secondary N) is 2. The van der Waals surface area contributed by atoms with Crippen molar-refractivity contribution in [3.05, 3.63) is 22.7 Å². The number of aromatic nitrogens is 4. The van der Waals surface area contributed by atoms with Gasteiger partial charge in [-0.2, -0.15) is 13.2 Å². The van der Waals surface area contributed by atoms with Crippen LogP contribution >= 0.6 is 11.3 Å². The van der Waals surface area contributed by atoms with Crippen LogP contribution in [0.1, 0.15) is 23.8 Å². The molecule has 2 aromatic heterocycles. The smallest absolute Gasteiger partial charge is 0.354 e. The molecule has 2 N–H and O–H groups in total. The Labute approximate surface area is 106 Å². The van der Waals surface area contributed by atoms with Crippen molar-refractivity contribution in [2.45, 2.75) is 19.1 Å². The zero-order valence-electron chi connectivity index (χ0n) is 9.00. The Hall–Kier alpha value is -1.78. The van der Waals surface area contributed by atoms with Crippen molar-refractivity contribution < 1.29 is 22.0 Å². The summed E-state index contributed by atoms with van der Waals surface area (Å²) in [5.74, 6) is -1.35. The second kappa shape index (κ2) is 5.07. The lowest BCUT2D eigenvalue weighted by atomic mass is 10.5. The Kier molecular flexibility index (Phi) is 3.64. The van der Waals surface area contributed by atoms with Gasteiger partial charge in [0.1, 0.15) is 11.5 Å². The molecule has 0 radical (unpaired) electrons. The van der Waals surface area contributed by atoms with E-state index in [1.807, 2.05) is 0 Å².